The second kappa shape index (κ2) is 9.45. The lowest BCUT2D eigenvalue weighted by Crippen LogP contribution is -2.39. The molecule has 1 aromatic heterocycles. The minimum Gasteiger partial charge on any atom is -0.324 e. The molecule has 0 aliphatic carbocycles. The second-order valence-electron chi connectivity index (χ2n) is 4.56. The van der Waals surface area contributed by atoms with Gasteiger partial charge in [0.05, 0.1) is 11.4 Å². The highest BCUT2D eigenvalue weighted by Crippen LogP contribution is 2.15. The molecule has 114 valence electrons. The summed E-state index contributed by atoms with van der Waals surface area (Å²) in [5.41, 5.74) is 2.65. The molecule has 1 unspecified atom stereocenters. The summed E-state index contributed by atoms with van der Waals surface area (Å²) < 4.78 is 0. The van der Waals surface area contributed by atoms with Gasteiger partial charge in [-0.15, -0.1) is 24.8 Å². The third-order valence-electron chi connectivity index (χ3n) is 2.93. The van der Waals surface area contributed by atoms with E-state index in [-0.39, 0.29) is 30.7 Å². The van der Waals surface area contributed by atoms with Crippen molar-refractivity contribution in [3.8, 4) is 0 Å². The van der Waals surface area contributed by atoms with Gasteiger partial charge >= 0.3 is 0 Å². The topological polar surface area (TPSA) is 54.0 Å². The molecule has 7 heteroatoms. The summed E-state index contributed by atoms with van der Waals surface area (Å²) in [5.74, 6) is 2.21. The monoisotopic (exact) mass is 337 g/mol. The van der Waals surface area contributed by atoms with Gasteiger partial charge in [0.15, 0.2) is 0 Å². The Bertz CT molecular complexity index is 440. The largest absolute Gasteiger partial charge is 0.324 e. The number of amides is 1. The first-order valence-electron chi connectivity index (χ1n) is 6.20. The zero-order valence-corrected chi connectivity index (χ0v) is 14.1. The molecule has 1 saturated heterocycles. The summed E-state index contributed by atoms with van der Waals surface area (Å²) in [6.45, 7) is 4.85. The number of pyridine rings is 1. The maximum atomic E-state index is 11.9. The van der Waals surface area contributed by atoms with E-state index in [1.165, 1.54) is 0 Å². The Morgan fingerprint density at radius 2 is 2.20 bits per heavy atom. The summed E-state index contributed by atoms with van der Waals surface area (Å²) >= 11 is 1.90. The van der Waals surface area contributed by atoms with Gasteiger partial charge in [-0.2, -0.15) is 11.8 Å². The molecule has 20 heavy (non-hydrogen) atoms. The van der Waals surface area contributed by atoms with Crippen LogP contribution in [0, 0.1) is 13.8 Å². The van der Waals surface area contributed by atoms with E-state index in [0.29, 0.717) is 12.5 Å². The molecule has 0 aromatic carbocycles. The number of anilines is 1. The Kier molecular flexibility index (Phi) is 9.22. The van der Waals surface area contributed by atoms with Crippen molar-refractivity contribution in [2.75, 3.05) is 23.4 Å². The first-order valence-corrected chi connectivity index (χ1v) is 7.36. The summed E-state index contributed by atoms with van der Waals surface area (Å²) in [4.78, 5) is 16.3. The van der Waals surface area contributed by atoms with Crippen molar-refractivity contribution in [2.24, 2.45) is 0 Å². The van der Waals surface area contributed by atoms with E-state index in [4.69, 9.17) is 0 Å². The first kappa shape index (κ1) is 19.5. The van der Waals surface area contributed by atoms with Crippen LogP contribution in [0.1, 0.15) is 17.8 Å². The lowest BCUT2D eigenvalue weighted by Gasteiger charge is -2.22. The van der Waals surface area contributed by atoms with Crippen LogP contribution in [-0.4, -0.2) is 35.0 Å². The molecule has 1 amide bonds. The zero-order chi connectivity index (χ0) is 13.0. The van der Waals surface area contributed by atoms with Crippen LogP contribution in [0.4, 0.5) is 5.69 Å². The predicted molar refractivity (Wildman–Crippen MR) is 90.6 cm³/mol. The van der Waals surface area contributed by atoms with Crippen molar-refractivity contribution in [3.05, 3.63) is 23.5 Å². The average molecular weight is 338 g/mol. The number of nitrogens with one attached hydrogen (secondary N) is 2. The molecule has 2 N–H and O–H groups in total. The minimum atomic E-state index is 0. The van der Waals surface area contributed by atoms with Crippen molar-refractivity contribution in [1.82, 2.24) is 10.3 Å². The average Bonchev–Trinajstić information content (AvgIpc) is 2.34. The fourth-order valence-electron chi connectivity index (χ4n) is 1.99. The fraction of sp³-hybridized carbons (Fsp3) is 0.538. The van der Waals surface area contributed by atoms with E-state index in [9.17, 15) is 4.79 Å². The molecule has 2 rings (SSSR count). The van der Waals surface area contributed by atoms with Crippen LogP contribution < -0.4 is 10.6 Å². The van der Waals surface area contributed by atoms with Crippen molar-refractivity contribution in [1.29, 1.82) is 0 Å². The van der Waals surface area contributed by atoms with E-state index in [1.54, 1.807) is 0 Å². The van der Waals surface area contributed by atoms with Crippen molar-refractivity contribution < 1.29 is 4.79 Å². The molecule has 0 saturated carbocycles. The van der Waals surface area contributed by atoms with Gasteiger partial charge in [0.2, 0.25) is 5.91 Å². The molecule has 0 spiro atoms. The second-order valence-corrected chi connectivity index (χ2v) is 5.71. The van der Waals surface area contributed by atoms with Gasteiger partial charge in [-0.3, -0.25) is 9.78 Å². The Morgan fingerprint density at radius 1 is 1.45 bits per heavy atom. The zero-order valence-electron chi connectivity index (χ0n) is 11.6. The number of rotatable bonds is 3. The van der Waals surface area contributed by atoms with E-state index in [1.807, 2.05) is 37.7 Å². The molecular formula is C13H21Cl2N3OS. The lowest BCUT2D eigenvalue weighted by molar-refractivity contribution is -0.116. The summed E-state index contributed by atoms with van der Waals surface area (Å²) in [5, 5.41) is 6.30. The fourth-order valence-corrected chi connectivity index (χ4v) is 2.94. The Labute approximate surface area is 136 Å². The molecular weight excluding hydrogens is 317 g/mol. The molecule has 0 radical (unpaired) electrons. The van der Waals surface area contributed by atoms with Gasteiger partial charge in [-0.05, 0) is 26.0 Å². The maximum Gasteiger partial charge on any atom is 0.226 e. The van der Waals surface area contributed by atoms with Crippen molar-refractivity contribution in [3.63, 3.8) is 0 Å². The lowest BCUT2D eigenvalue weighted by atomic mass is 10.2. The smallest absolute Gasteiger partial charge is 0.226 e. The molecule has 2 heterocycles. The van der Waals surface area contributed by atoms with Crippen LogP contribution in [0.5, 0.6) is 0 Å². The van der Waals surface area contributed by atoms with Crippen LogP contribution in [-0.2, 0) is 4.79 Å². The Hall–Kier alpha value is -0.490. The van der Waals surface area contributed by atoms with Crippen LogP contribution >= 0.6 is 36.6 Å². The molecule has 4 nitrogen and oxygen atoms in total. The molecule has 1 aliphatic rings. The quantitative estimate of drug-likeness (QED) is 0.889. The van der Waals surface area contributed by atoms with Gasteiger partial charge in [0, 0.05) is 36.2 Å². The van der Waals surface area contributed by atoms with Crippen LogP contribution in [0.25, 0.3) is 0 Å². The van der Waals surface area contributed by atoms with Crippen LogP contribution in [0.3, 0.4) is 0 Å². The first-order chi connectivity index (χ1) is 8.65. The number of nitrogens with zero attached hydrogens (tertiary/aromatic N) is 1. The Morgan fingerprint density at radius 3 is 2.80 bits per heavy atom. The standard InChI is InChI=1S/C13H19N3OS.2ClH/c1-9-3-4-12(10(2)15-9)16-13(17)7-11-8-18-6-5-14-11;;/h3-4,11,14H,5-8H2,1-2H3,(H,16,17);2*1H. The van der Waals surface area contributed by atoms with Gasteiger partial charge in [-0.25, -0.2) is 0 Å². The number of aryl methyl sites for hydroxylation is 2. The number of carbonyl (C=O) groups is 1. The Balaban J connectivity index is 0.00000180. The van der Waals surface area contributed by atoms with E-state index in [0.717, 1.165) is 35.1 Å². The third-order valence-corrected chi connectivity index (χ3v) is 4.06. The number of carbonyl (C=O) groups excluding carboxylic acids is 1. The summed E-state index contributed by atoms with van der Waals surface area (Å²) in [7, 11) is 0. The highest BCUT2D eigenvalue weighted by Gasteiger charge is 2.17. The molecule has 1 atom stereocenters. The third kappa shape index (κ3) is 5.87. The van der Waals surface area contributed by atoms with E-state index in [2.05, 4.69) is 15.6 Å². The number of aromatic nitrogens is 1. The van der Waals surface area contributed by atoms with Crippen molar-refractivity contribution >= 4 is 48.2 Å². The SMILES string of the molecule is Cc1ccc(NC(=O)CC2CSCCN2)c(C)n1.Cl.Cl. The highest BCUT2D eigenvalue weighted by atomic mass is 35.5. The van der Waals surface area contributed by atoms with E-state index >= 15 is 0 Å². The van der Waals surface area contributed by atoms with Crippen LogP contribution in [0.15, 0.2) is 12.1 Å². The van der Waals surface area contributed by atoms with Gasteiger partial charge < -0.3 is 10.6 Å². The van der Waals surface area contributed by atoms with E-state index < -0.39 is 0 Å². The van der Waals surface area contributed by atoms with Crippen molar-refractivity contribution in [2.45, 2.75) is 26.3 Å². The number of hydrogen-bond donors (Lipinski definition) is 2. The molecule has 1 aliphatic heterocycles. The van der Waals surface area contributed by atoms with Gasteiger partial charge in [0.1, 0.15) is 0 Å². The number of halogens is 2. The predicted octanol–water partition coefficient (Wildman–Crippen LogP) is 2.58. The summed E-state index contributed by atoms with van der Waals surface area (Å²) in [6.07, 6.45) is 0.528. The minimum absolute atomic E-state index is 0. The van der Waals surface area contributed by atoms with Crippen LogP contribution in [0.2, 0.25) is 0 Å². The molecule has 0 bridgehead atoms. The normalized spacial score (nSPS) is 17.6. The number of thioether (sulfide) groups is 1. The highest BCUT2D eigenvalue weighted by molar-refractivity contribution is 7.99. The summed E-state index contributed by atoms with van der Waals surface area (Å²) in [6, 6.07) is 4.12. The van der Waals surface area contributed by atoms with Gasteiger partial charge in [-0.1, -0.05) is 0 Å². The molecule has 1 aromatic rings. The number of hydrogen-bond acceptors (Lipinski definition) is 4. The molecule has 1 fully saturated rings. The maximum absolute atomic E-state index is 11.9. The van der Waals surface area contributed by atoms with Gasteiger partial charge in [0.25, 0.3) is 0 Å².